The van der Waals surface area contributed by atoms with Crippen LogP contribution in [0, 0.1) is 0 Å². The predicted molar refractivity (Wildman–Crippen MR) is 127 cm³/mol. The van der Waals surface area contributed by atoms with E-state index in [1.807, 2.05) is 55.5 Å². The van der Waals surface area contributed by atoms with Gasteiger partial charge in [0, 0.05) is 24.9 Å². The summed E-state index contributed by atoms with van der Waals surface area (Å²) in [6, 6.07) is 15.8. The molecule has 0 amide bonds. The molecule has 0 aliphatic carbocycles. The third-order valence-electron chi connectivity index (χ3n) is 5.51. The molecule has 2 aromatic carbocycles. The summed E-state index contributed by atoms with van der Waals surface area (Å²) in [6.45, 7) is 5.72. The van der Waals surface area contributed by atoms with Crippen LogP contribution in [0.5, 0.6) is 0 Å². The number of carboxylic acid groups (broad SMARTS) is 1. The lowest BCUT2D eigenvalue weighted by molar-refractivity contribution is 0.0673. The molecule has 0 aliphatic heterocycles. The highest BCUT2D eigenvalue weighted by Crippen LogP contribution is 2.30. The number of aromatic carboxylic acids is 1. The average Bonchev–Trinajstić information content (AvgIpc) is 3.42. The van der Waals surface area contributed by atoms with E-state index in [0.717, 1.165) is 28.7 Å². The smallest absolute Gasteiger partial charge is 0.354 e. The normalized spacial score (nSPS) is 11.6. The zero-order valence-corrected chi connectivity index (χ0v) is 19.5. The zero-order chi connectivity index (χ0) is 24.3. The number of hydrogen-bond donors (Lipinski definition) is 3. The first-order chi connectivity index (χ1) is 16.3. The van der Waals surface area contributed by atoms with E-state index in [4.69, 9.17) is 0 Å². The van der Waals surface area contributed by atoms with Crippen LogP contribution in [0.2, 0.25) is 0 Å². The summed E-state index contributed by atoms with van der Waals surface area (Å²) in [5.41, 5.74) is 3.28. The number of aliphatic hydroxyl groups is 1. The Morgan fingerprint density at radius 2 is 1.79 bits per heavy atom. The van der Waals surface area contributed by atoms with Gasteiger partial charge in [0.2, 0.25) is 5.82 Å². The predicted octanol–water partition coefficient (Wildman–Crippen LogP) is 3.74. The maximum absolute atomic E-state index is 12.2. The molecule has 34 heavy (non-hydrogen) atoms. The number of imidazole rings is 1. The van der Waals surface area contributed by atoms with Crippen molar-refractivity contribution >= 4 is 5.97 Å². The Bertz CT molecular complexity index is 1270. The third kappa shape index (κ3) is 5.04. The van der Waals surface area contributed by atoms with Crippen LogP contribution in [0.3, 0.4) is 0 Å². The third-order valence-corrected chi connectivity index (χ3v) is 5.51. The zero-order valence-electron chi connectivity index (χ0n) is 19.5. The van der Waals surface area contributed by atoms with E-state index in [1.165, 1.54) is 0 Å². The molecule has 0 saturated carbocycles. The van der Waals surface area contributed by atoms with Crippen molar-refractivity contribution < 1.29 is 15.0 Å². The van der Waals surface area contributed by atoms with E-state index < -0.39 is 11.6 Å². The van der Waals surface area contributed by atoms with Gasteiger partial charge in [-0.3, -0.25) is 0 Å². The van der Waals surface area contributed by atoms with E-state index in [9.17, 15) is 15.0 Å². The molecule has 2 aromatic heterocycles. The summed E-state index contributed by atoms with van der Waals surface area (Å²) in [5.74, 6) is 0.193. The number of carbonyl (C=O) groups is 1. The number of aromatic amines is 1. The van der Waals surface area contributed by atoms with Crippen molar-refractivity contribution in [3.63, 3.8) is 0 Å². The average molecular weight is 461 g/mol. The molecule has 0 unspecified atom stereocenters. The molecule has 0 spiro atoms. The van der Waals surface area contributed by atoms with Gasteiger partial charge in [-0.05, 0) is 42.2 Å². The molecule has 9 heteroatoms. The first kappa shape index (κ1) is 23.3. The Kier molecular flexibility index (Phi) is 6.56. The first-order valence-corrected chi connectivity index (χ1v) is 11.2. The van der Waals surface area contributed by atoms with Gasteiger partial charge in [0.1, 0.15) is 5.82 Å². The van der Waals surface area contributed by atoms with Crippen LogP contribution in [0.1, 0.15) is 54.8 Å². The van der Waals surface area contributed by atoms with Crippen LogP contribution in [0.15, 0.2) is 48.5 Å². The second-order valence-electron chi connectivity index (χ2n) is 8.93. The van der Waals surface area contributed by atoms with Crippen molar-refractivity contribution in [3.05, 3.63) is 71.3 Å². The van der Waals surface area contributed by atoms with Crippen molar-refractivity contribution in [1.29, 1.82) is 0 Å². The number of benzene rings is 2. The van der Waals surface area contributed by atoms with Gasteiger partial charge in [-0.25, -0.2) is 9.78 Å². The fourth-order valence-corrected chi connectivity index (χ4v) is 4.09. The molecule has 0 bridgehead atoms. The minimum atomic E-state index is -1.05. The molecular formula is C25H28N6O3. The fourth-order valence-electron chi connectivity index (χ4n) is 4.09. The lowest BCUT2D eigenvalue weighted by Crippen LogP contribution is -2.24. The van der Waals surface area contributed by atoms with Gasteiger partial charge < -0.3 is 14.8 Å². The van der Waals surface area contributed by atoms with Crippen LogP contribution in [0.25, 0.3) is 22.5 Å². The van der Waals surface area contributed by atoms with Crippen LogP contribution in [0.4, 0.5) is 0 Å². The lowest BCUT2D eigenvalue weighted by Gasteiger charge is -2.16. The molecule has 176 valence electrons. The highest BCUT2D eigenvalue weighted by atomic mass is 16.4. The molecule has 0 saturated heterocycles. The van der Waals surface area contributed by atoms with Crippen molar-refractivity contribution in [2.75, 3.05) is 0 Å². The Hall–Kier alpha value is -3.85. The SMILES string of the molecule is CCCc1nc(CC(C)(C)O)c(C(=O)O)n1Cc1ccc(-c2ccccc2-c2nn[nH]n2)cc1. The molecule has 9 nitrogen and oxygen atoms in total. The standard InChI is InChI=1S/C25H28N6O3/c1-4-7-21-26-20(14-25(2,3)34)22(24(32)33)31(21)15-16-10-12-17(13-11-16)18-8-5-6-9-19(18)23-27-29-30-28-23/h5-6,8-13,34H,4,7,14-15H2,1-3H3,(H,32,33)(H,27,28,29,30). The molecule has 4 rings (SSSR count). The van der Waals surface area contributed by atoms with E-state index in [0.29, 0.717) is 30.3 Å². The van der Waals surface area contributed by atoms with E-state index in [1.54, 1.807) is 18.4 Å². The van der Waals surface area contributed by atoms with E-state index in [2.05, 4.69) is 25.6 Å². The number of tetrazole rings is 1. The molecule has 2 heterocycles. The van der Waals surface area contributed by atoms with E-state index >= 15 is 0 Å². The van der Waals surface area contributed by atoms with Gasteiger partial charge in [0.15, 0.2) is 5.69 Å². The number of H-pyrrole nitrogens is 1. The van der Waals surface area contributed by atoms with Crippen molar-refractivity contribution in [2.24, 2.45) is 0 Å². The molecule has 3 N–H and O–H groups in total. The molecule has 0 aliphatic rings. The van der Waals surface area contributed by atoms with Crippen molar-refractivity contribution in [1.82, 2.24) is 30.2 Å². The summed E-state index contributed by atoms with van der Waals surface area (Å²) in [4.78, 5) is 16.8. The van der Waals surface area contributed by atoms with Gasteiger partial charge in [-0.15, -0.1) is 10.2 Å². The maximum Gasteiger partial charge on any atom is 0.354 e. The summed E-state index contributed by atoms with van der Waals surface area (Å²) in [5, 5.41) is 34.6. The largest absolute Gasteiger partial charge is 0.477 e. The Morgan fingerprint density at radius 3 is 2.38 bits per heavy atom. The fraction of sp³-hybridized carbons (Fsp3) is 0.320. The first-order valence-electron chi connectivity index (χ1n) is 11.2. The maximum atomic E-state index is 12.2. The lowest BCUT2D eigenvalue weighted by atomic mass is 9.98. The number of carboxylic acids is 1. The van der Waals surface area contributed by atoms with Gasteiger partial charge in [0.25, 0.3) is 0 Å². The van der Waals surface area contributed by atoms with E-state index in [-0.39, 0.29) is 12.1 Å². The number of rotatable bonds is 9. The highest BCUT2D eigenvalue weighted by Gasteiger charge is 2.26. The molecule has 0 fully saturated rings. The minimum Gasteiger partial charge on any atom is -0.477 e. The summed E-state index contributed by atoms with van der Waals surface area (Å²) < 4.78 is 1.76. The summed E-state index contributed by atoms with van der Waals surface area (Å²) >= 11 is 0. The number of aromatic nitrogens is 6. The van der Waals surface area contributed by atoms with Crippen molar-refractivity contribution in [2.45, 2.75) is 52.2 Å². The Morgan fingerprint density at radius 1 is 1.09 bits per heavy atom. The summed E-state index contributed by atoms with van der Waals surface area (Å²) in [6.07, 6.45) is 1.66. The number of aryl methyl sites for hydroxylation is 1. The molecule has 0 radical (unpaired) electrons. The Labute approximate surface area is 197 Å². The Balaban J connectivity index is 1.68. The number of nitrogens with zero attached hydrogens (tertiary/aromatic N) is 5. The topological polar surface area (TPSA) is 130 Å². The van der Waals surface area contributed by atoms with Gasteiger partial charge in [0.05, 0.1) is 11.3 Å². The number of nitrogens with one attached hydrogen (secondary N) is 1. The molecule has 0 atom stereocenters. The number of hydrogen-bond acceptors (Lipinski definition) is 6. The highest BCUT2D eigenvalue weighted by molar-refractivity contribution is 5.87. The van der Waals surface area contributed by atoms with Crippen LogP contribution in [-0.4, -0.2) is 52.0 Å². The monoisotopic (exact) mass is 460 g/mol. The molecule has 4 aromatic rings. The van der Waals surface area contributed by atoms with Crippen LogP contribution >= 0.6 is 0 Å². The van der Waals surface area contributed by atoms with Gasteiger partial charge in [-0.1, -0.05) is 55.5 Å². The quantitative estimate of drug-likeness (QED) is 0.347. The summed E-state index contributed by atoms with van der Waals surface area (Å²) in [7, 11) is 0. The van der Waals surface area contributed by atoms with Gasteiger partial charge in [-0.2, -0.15) is 5.21 Å². The minimum absolute atomic E-state index is 0.136. The van der Waals surface area contributed by atoms with Gasteiger partial charge >= 0.3 is 5.97 Å². The van der Waals surface area contributed by atoms with Crippen LogP contribution in [-0.2, 0) is 19.4 Å². The second kappa shape index (κ2) is 9.56. The van der Waals surface area contributed by atoms with Crippen molar-refractivity contribution in [3.8, 4) is 22.5 Å². The van der Waals surface area contributed by atoms with Crippen LogP contribution < -0.4 is 0 Å². The second-order valence-corrected chi connectivity index (χ2v) is 8.93. The molecular weight excluding hydrogens is 432 g/mol.